The van der Waals surface area contributed by atoms with Crippen LogP contribution in [0, 0.1) is 0 Å². The summed E-state index contributed by atoms with van der Waals surface area (Å²) in [5, 5.41) is 0. The number of anilines is 1. The summed E-state index contributed by atoms with van der Waals surface area (Å²) < 4.78 is 41.9. The van der Waals surface area contributed by atoms with Crippen molar-refractivity contribution >= 4 is 27.1 Å². The lowest BCUT2D eigenvalue weighted by Crippen LogP contribution is -1.93. The van der Waals surface area contributed by atoms with E-state index in [4.69, 9.17) is 5.73 Å². The van der Waals surface area contributed by atoms with E-state index in [0.29, 0.717) is 0 Å². The molecule has 1 aromatic carbocycles. The van der Waals surface area contributed by atoms with Gasteiger partial charge in [0.1, 0.15) is 0 Å². The summed E-state index contributed by atoms with van der Waals surface area (Å²) in [5.74, 6) is 0. The van der Waals surface area contributed by atoms with Crippen molar-refractivity contribution in [3.05, 3.63) is 18.2 Å². The van der Waals surface area contributed by atoms with Crippen LogP contribution in [-0.2, 0) is 21.4 Å². The Labute approximate surface area is 78.1 Å². The van der Waals surface area contributed by atoms with Crippen LogP contribution < -0.4 is 5.73 Å². The molecule has 13 heavy (non-hydrogen) atoms. The van der Waals surface area contributed by atoms with Gasteiger partial charge in [0.25, 0.3) is 0 Å². The third-order valence-corrected chi connectivity index (χ3v) is 2.92. The zero-order valence-corrected chi connectivity index (χ0v) is 8.13. The first-order valence-electron chi connectivity index (χ1n) is 3.20. The Morgan fingerprint density at radius 1 is 1.00 bits per heavy atom. The van der Waals surface area contributed by atoms with Crippen molar-refractivity contribution in [1.29, 1.82) is 0 Å². The Balaban J connectivity index is 3.36. The molecular weight excluding hydrogens is 214 g/mol. The van der Waals surface area contributed by atoms with Gasteiger partial charge in [-0.15, -0.1) is 0 Å². The molecule has 0 saturated heterocycles. The first-order valence-corrected chi connectivity index (χ1v) is 5.56. The standard InChI is InChI=1S/C6H7NO4S2/c7-5-3-4(12(8)9)1-2-6(5)13(10)11/h1-3,12-13H,7H2. The fourth-order valence-electron chi connectivity index (χ4n) is 0.822. The van der Waals surface area contributed by atoms with Gasteiger partial charge < -0.3 is 5.73 Å². The molecule has 5 nitrogen and oxygen atoms in total. The lowest BCUT2D eigenvalue weighted by molar-refractivity contribution is 0.611. The molecule has 0 heterocycles. The fourth-order valence-corrected chi connectivity index (χ4v) is 1.73. The first kappa shape index (κ1) is 10.0. The molecule has 2 N–H and O–H groups in total. The second kappa shape index (κ2) is 3.75. The maximum atomic E-state index is 10.5. The normalized spacial score (nSPS) is 10.9. The third-order valence-electron chi connectivity index (χ3n) is 1.42. The van der Waals surface area contributed by atoms with Gasteiger partial charge in [0.05, 0.1) is 15.5 Å². The van der Waals surface area contributed by atoms with Crippen molar-refractivity contribution in [1.82, 2.24) is 0 Å². The highest BCUT2D eigenvalue weighted by Crippen LogP contribution is 2.15. The number of nitrogens with two attached hydrogens (primary N) is 1. The first-order chi connectivity index (χ1) is 6.02. The smallest absolute Gasteiger partial charge is 0.170 e. The molecule has 0 amide bonds. The van der Waals surface area contributed by atoms with Crippen molar-refractivity contribution in [2.45, 2.75) is 9.79 Å². The van der Waals surface area contributed by atoms with Gasteiger partial charge in [0.2, 0.25) is 0 Å². The molecule has 1 aromatic rings. The van der Waals surface area contributed by atoms with Crippen molar-refractivity contribution in [2.24, 2.45) is 0 Å². The number of rotatable bonds is 2. The quantitative estimate of drug-likeness (QED) is 0.449. The van der Waals surface area contributed by atoms with E-state index in [1.54, 1.807) is 0 Å². The number of nitrogen functional groups attached to an aromatic ring is 1. The van der Waals surface area contributed by atoms with Crippen molar-refractivity contribution in [3.63, 3.8) is 0 Å². The van der Waals surface area contributed by atoms with Crippen LogP contribution in [0.3, 0.4) is 0 Å². The number of hydrogen-bond acceptors (Lipinski definition) is 5. The second-order valence-electron chi connectivity index (χ2n) is 2.26. The summed E-state index contributed by atoms with van der Waals surface area (Å²) in [7, 11) is -5.49. The lowest BCUT2D eigenvalue weighted by Gasteiger charge is -1.97. The summed E-state index contributed by atoms with van der Waals surface area (Å²) in [4.78, 5) is -0.0521. The minimum absolute atomic E-state index is 0.00750. The van der Waals surface area contributed by atoms with Crippen LogP contribution in [0.4, 0.5) is 5.69 Å². The van der Waals surface area contributed by atoms with E-state index >= 15 is 0 Å². The summed E-state index contributed by atoms with van der Waals surface area (Å²) >= 11 is 0. The fraction of sp³-hybridized carbons (Fsp3) is 0. The van der Waals surface area contributed by atoms with Crippen LogP contribution in [0.5, 0.6) is 0 Å². The van der Waals surface area contributed by atoms with E-state index in [-0.39, 0.29) is 15.5 Å². The monoisotopic (exact) mass is 221 g/mol. The summed E-state index contributed by atoms with van der Waals surface area (Å²) in [5.41, 5.74) is 5.26. The topological polar surface area (TPSA) is 94.3 Å². The molecule has 0 aliphatic rings. The third kappa shape index (κ3) is 2.19. The highest BCUT2D eigenvalue weighted by molar-refractivity contribution is 7.73. The average Bonchev–Trinajstić information content (AvgIpc) is 2.03. The molecule has 0 aliphatic heterocycles. The van der Waals surface area contributed by atoms with Gasteiger partial charge >= 0.3 is 0 Å². The van der Waals surface area contributed by atoms with Crippen molar-refractivity contribution in [3.8, 4) is 0 Å². The van der Waals surface area contributed by atoms with Gasteiger partial charge in [-0.2, -0.15) is 0 Å². The van der Waals surface area contributed by atoms with E-state index in [2.05, 4.69) is 0 Å². The van der Waals surface area contributed by atoms with Gasteiger partial charge in [-0.25, -0.2) is 16.8 Å². The van der Waals surface area contributed by atoms with E-state index < -0.39 is 21.4 Å². The van der Waals surface area contributed by atoms with Crippen molar-refractivity contribution < 1.29 is 16.8 Å². The van der Waals surface area contributed by atoms with Crippen LogP contribution >= 0.6 is 0 Å². The Bertz CT molecular complexity index is 460. The van der Waals surface area contributed by atoms with Crippen LogP contribution in [0.2, 0.25) is 0 Å². The van der Waals surface area contributed by atoms with Gasteiger partial charge in [0, 0.05) is 0 Å². The van der Waals surface area contributed by atoms with Gasteiger partial charge in [-0.05, 0) is 18.2 Å². The number of benzene rings is 1. The molecule has 72 valence electrons. The predicted molar refractivity (Wildman–Crippen MR) is 48.0 cm³/mol. The van der Waals surface area contributed by atoms with E-state index in [9.17, 15) is 16.8 Å². The van der Waals surface area contributed by atoms with Crippen molar-refractivity contribution in [2.75, 3.05) is 5.73 Å². The lowest BCUT2D eigenvalue weighted by atomic mass is 10.3. The molecule has 0 atom stereocenters. The highest BCUT2D eigenvalue weighted by atomic mass is 32.2. The van der Waals surface area contributed by atoms with Gasteiger partial charge in [-0.3, -0.25) is 0 Å². The van der Waals surface area contributed by atoms with E-state index in [1.807, 2.05) is 0 Å². The van der Waals surface area contributed by atoms with Crippen LogP contribution in [0.1, 0.15) is 0 Å². The van der Waals surface area contributed by atoms with E-state index in [1.165, 1.54) is 12.1 Å². The largest absolute Gasteiger partial charge is 0.398 e. The summed E-state index contributed by atoms with van der Waals surface area (Å²) in [6.45, 7) is 0. The van der Waals surface area contributed by atoms with Crippen LogP contribution in [0.25, 0.3) is 0 Å². The number of hydrogen-bond donors (Lipinski definition) is 3. The molecule has 0 unspecified atom stereocenters. The molecule has 0 aromatic heterocycles. The molecule has 1 rings (SSSR count). The number of thiol groups is 2. The zero-order chi connectivity index (χ0) is 10.0. The minimum Gasteiger partial charge on any atom is -0.398 e. The molecule has 0 saturated carbocycles. The zero-order valence-electron chi connectivity index (χ0n) is 6.34. The van der Waals surface area contributed by atoms with Crippen LogP contribution in [0.15, 0.2) is 28.0 Å². The Morgan fingerprint density at radius 2 is 1.62 bits per heavy atom. The summed E-state index contributed by atoms with van der Waals surface area (Å²) in [6.07, 6.45) is 0. The summed E-state index contributed by atoms with van der Waals surface area (Å²) in [6, 6.07) is 3.48. The van der Waals surface area contributed by atoms with Gasteiger partial charge in [-0.1, -0.05) is 0 Å². The highest BCUT2D eigenvalue weighted by Gasteiger charge is 2.03. The van der Waals surface area contributed by atoms with Crippen LogP contribution in [-0.4, -0.2) is 16.8 Å². The van der Waals surface area contributed by atoms with E-state index in [0.717, 1.165) is 6.07 Å². The Morgan fingerprint density at radius 3 is 2.00 bits per heavy atom. The molecule has 0 aliphatic carbocycles. The molecule has 0 radical (unpaired) electrons. The maximum Gasteiger partial charge on any atom is 0.170 e. The molecule has 0 spiro atoms. The molecule has 0 bridgehead atoms. The Hall–Kier alpha value is -1.08. The predicted octanol–water partition coefficient (Wildman–Crippen LogP) is -0.791. The van der Waals surface area contributed by atoms with Gasteiger partial charge in [0.15, 0.2) is 21.4 Å². The Kier molecular flexibility index (Phi) is 2.89. The average molecular weight is 221 g/mol. The molecule has 0 fully saturated rings. The molecular formula is C6H7NO4S2. The molecule has 7 heteroatoms. The maximum absolute atomic E-state index is 10.5. The minimum atomic E-state index is -2.77. The SMILES string of the molecule is Nc1cc([SH](=O)=O)ccc1[SH](=O)=O. The second-order valence-corrected chi connectivity index (χ2v) is 4.28.